The summed E-state index contributed by atoms with van der Waals surface area (Å²) >= 11 is 0. The quantitative estimate of drug-likeness (QED) is 0.787. The number of nitrogens with zero attached hydrogens (tertiary/aromatic N) is 1. The van der Waals surface area contributed by atoms with E-state index in [9.17, 15) is 9.59 Å². The zero-order valence-corrected chi connectivity index (χ0v) is 15.3. The lowest BCUT2D eigenvalue weighted by Crippen LogP contribution is -2.57. The Morgan fingerprint density at radius 3 is 2.56 bits per heavy atom. The highest BCUT2D eigenvalue weighted by Crippen LogP contribution is 2.34. The lowest BCUT2D eigenvalue weighted by Gasteiger charge is -2.38. The van der Waals surface area contributed by atoms with E-state index in [1.54, 1.807) is 5.01 Å². The molecular formula is C18H26ClN3O3. The van der Waals surface area contributed by atoms with Crippen LogP contribution < -0.4 is 10.7 Å². The van der Waals surface area contributed by atoms with Gasteiger partial charge in [-0.3, -0.25) is 15.0 Å². The molecule has 2 aliphatic heterocycles. The van der Waals surface area contributed by atoms with E-state index < -0.39 is 5.41 Å². The van der Waals surface area contributed by atoms with Crippen LogP contribution in [0.15, 0.2) is 30.3 Å². The van der Waals surface area contributed by atoms with Crippen LogP contribution in [0.3, 0.4) is 0 Å². The molecule has 1 atom stereocenters. The average molecular weight is 368 g/mol. The fraction of sp³-hybridized carbons (Fsp3) is 0.556. The molecule has 2 heterocycles. The van der Waals surface area contributed by atoms with Crippen LogP contribution >= 0.6 is 12.4 Å². The molecule has 0 saturated carbocycles. The van der Waals surface area contributed by atoms with Crippen molar-refractivity contribution >= 4 is 24.3 Å². The molecule has 2 aliphatic rings. The third-order valence-corrected chi connectivity index (χ3v) is 5.19. The lowest BCUT2D eigenvalue weighted by molar-refractivity contribution is -0.148. The number of halogens is 1. The second kappa shape index (κ2) is 8.65. The monoisotopic (exact) mass is 367 g/mol. The summed E-state index contributed by atoms with van der Waals surface area (Å²) in [5, 5.41) is 5.08. The van der Waals surface area contributed by atoms with Gasteiger partial charge < -0.3 is 10.1 Å². The molecule has 1 amide bonds. The molecule has 3 rings (SSSR count). The van der Waals surface area contributed by atoms with E-state index in [1.807, 2.05) is 30.3 Å². The topological polar surface area (TPSA) is 70.7 Å². The van der Waals surface area contributed by atoms with Crippen molar-refractivity contribution in [3.05, 3.63) is 35.9 Å². The Kier molecular flexibility index (Phi) is 6.81. The fourth-order valence-electron chi connectivity index (χ4n) is 3.78. The molecule has 2 saturated heterocycles. The Balaban J connectivity index is 0.00000225. The first-order valence-electron chi connectivity index (χ1n) is 8.59. The van der Waals surface area contributed by atoms with E-state index in [0.29, 0.717) is 13.0 Å². The van der Waals surface area contributed by atoms with Crippen molar-refractivity contribution in [3.63, 3.8) is 0 Å². The van der Waals surface area contributed by atoms with Crippen molar-refractivity contribution in [1.82, 2.24) is 15.8 Å². The van der Waals surface area contributed by atoms with Crippen molar-refractivity contribution in [1.29, 1.82) is 0 Å². The highest BCUT2D eigenvalue weighted by Gasteiger charge is 2.43. The Hall–Kier alpha value is -1.63. The summed E-state index contributed by atoms with van der Waals surface area (Å²) in [6.07, 6.45) is 3.09. The van der Waals surface area contributed by atoms with Crippen LogP contribution in [-0.2, 0) is 19.7 Å². The summed E-state index contributed by atoms with van der Waals surface area (Å²) in [4.78, 5) is 25.1. The number of carbonyl (C=O) groups excluding carboxylic acids is 2. The van der Waals surface area contributed by atoms with Crippen molar-refractivity contribution in [2.75, 3.05) is 26.7 Å². The fourth-order valence-corrected chi connectivity index (χ4v) is 3.78. The molecule has 0 aliphatic carbocycles. The largest absolute Gasteiger partial charge is 0.468 e. The number of hydrogen-bond acceptors (Lipinski definition) is 5. The summed E-state index contributed by atoms with van der Waals surface area (Å²) in [7, 11) is 1.39. The molecular weight excluding hydrogens is 342 g/mol. The maximum absolute atomic E-state index is 13.2. The number of hydrogen-bond donors (Lipinski definition) is 2. The Labute approximate surface area is 154 Å². The van der Waals surface area contributed by atoms with Crippen LogP contribution in [0.5, 0.6) is 0 Å². The smallest absolute Gasteiger partial charge is 0.324 e. The number of hydrazine groups is 1. The van der Waals surface area contributed by atoms with Gasteiger partial charge in [0.1, 0.15) is 6.04 Å². The standard InChI is InChI=1S/C18H25N3O3.ClH/c1-24-16(22)15-8-5-13-21(15)20-17(23)18(9-11-19-12-10-18)14-6-3-2-4-7-14;/h2-4,6-7,15,19H,5,8-13H2,1H3,(H,20,23);1H/t15-;/m0./s1. The molecule has 25 heavy (non-hydrogen) atoms. The third kappa shape index (κ3) is 3.97. The molecule has 0 radical (unpaired) electrons. The van der Waals surface area contributed by atoms with Gasteiger partial charge in [0.2, 0.25) is 5.91 Å². The predicted octanol–water partition coefficient (Wildman–Crippen LogP) is 1.40. The maximum Gasteiger partial charge on any atom is 0.324 e. The molecule has 0 aromatic heterocycles. The minimum Gasteiger partial charge on any atom is -0.468 e. The number of benzene rings is 1. The van der Waals surface area contributed by atoms with E-state index in [2.05, 4.69) is 10.7 Å². The second-order valence-corrected chi connectivity index (χ2v) is 6.51. The summed E-state index contributed by atoms with van der Waals surface area (Å²) < 4.78 is 4.86. The zero-order chi connectivity index (χ0) is 17.0. The highest BCUT2D eigenvalue weighted by molar-refractivity contribution is 5.88. The zero-order valence-electron chi connectivity index (χ0n) is 14.5. The predicted molar refractivity (Wildman–Crippen MR) is 97.4 cm³/mol. The van der Waals surface area contributed by atoms with Crippen LogP contribution in [0.4, 0.5) is 0 Å². The summed E-state index contributed by atoms with van der Waals surface area (Å²) in [6.45, 7) is 2.29. The van der Waals surface area contributed by atoms with Crippen molar-refractivity contribution < 1.29 is 14.3 Å². The van der Waals surface area contributed by atoms with Gasteiger partial charge in [-0.05, 0) is 44.3 Å². The number of rotatable bonds is 4. The van der Waals surface area contributed by atoms with Gasteiger partial charge in [0.15, 0.2) is 0 Å². The van der Waals surface area contributed by atoms with E-state index in [-0.39, 0.29) is 30.3 Å². The molecule has 0 unspecified atom stereocenters. The van der Waals surface area contributed by atoms with Crippen LogP contribution in [0.2, 0.25) is 0 Å². The van der Waals surface area contributed by atoms with Crippen LogP contribution in [0.25, 0.3) is 0 Å². The third-order valence-electron chi connectivity index (χ3n) is 5.19. The Bertz CT molecular complexity index is 590. The number of carbonyl (C=O) groups is 2. The van der Waals surface area contributed by atoms with Gasteiger partial charge in [-0.1, -0.05) is 30.3 Å². The average Bonchev–Trinajstić information content (AvgIpc) is 3.10. The molecule has 7 heteroatoms. The first-order valence-corrected chi connectivity index (χ1v) is 8.59. The normalized spacial score (nSPS) is 22.7. The van der Waals surface area contributed by atoms with Crippen molar-refractivity contribution in [2.45, 2.75) is 37.1 Å². The summed E-state index contributed by atoms with van der Waals surface area (Å²) in [5.74, 6) is -0.308. The minimum atomic E-state index is -0.546. The van der Waals surface area contributed by atoms with Gasteiger partial charge in [0, 0.05) is 6.54 Å². The number of esters is 1. The van der Waals surface area contributed by atoms with Gasteiger partial charge in [-0.15, -0.1) is 12.4 Å². The minimum absolute atomic E-state index is 0. The highest BCUT2D eigenvalue weighted by atomic mass is 35.5. The van der Waals surface area contributed by atoms with Crippen molar-refractivity contribution in [3.8, 4) is 0 Å². The Morgan fingerprint density at radius 2 is 1.92 bits per heavy atom. The van der Waals surface area contributed by atoms with E-state index in [1.165, 1.54) is 7.11 Å². The molecule has 2 fully saturated rings. The SMILES string of the molecule is COC(=O)[C@@H]1CCCN1NC(=O)C1(c2ccccc2)CCNCC1.Cl. The van der Waals surface area contributed by atoms with E-state index in [0.717, 1.165) is 37.9 Å². The Morgan fingerprint density at radius 1 is 1.24 bits per heavy atom. The first kappa shape index (κ1) is 19.7. The van der Waals surface area contributed by atoms with Gasteiger partial charge in [-0.2, -0.15) is 0 Å². The summed E-state index contributed by atoms with van der Waals surface area (Å²) in [6, 6.07) is 9.57. The molecule has 1 aromatic rings. The molecule has 2 N–H and O–H groups in total. The van der Waals surface area contributed by atoms with Gasteiger partial charge in [0.05, 0.1) is 12.5 Å². The van der Waals surface area contributed by atoms with Gasteiger partial charge in [0.25, 0.3) is 0 Å². The van der Waals surface area contributed by atoms with E-state index >= 15 is 0 Å². The number of nitrogens with one attached hydrogen (secondary N) is 2. The van der Waals surface area contributed by atoms with Crippen molar-refractivity contribution in [2.24, 2.45) is 0 Å². The molecule has 0 spiro atoms. The van der Waals surface area contributed by atoms with Crippen LogP contribution in [0, 0.1) is 0 Å². The molecule has 1 aromatic carbocycles. The number of methoxy groups -OCH3 is 1. The second-order valence-electron chi connectivity index (χ2n) is 6.51. The number of ether oxygens (including phenoxy) is 1. The van der Waals surface area contributed by atoms with E-state index in [4.69, 9.17) is 4.74 Å². The number of amides is 1. The number of piperidine rings is 1. The molecule has 6 nitrogen and oxygen atoms in total. The lowest BCUT2D eigenvalue weighted by atomic mass is 9.72. The maximum atomic E-state index is 13.2. The van der Waals surface area contributed by atoms with Crippen LogP contribution in [0.1, 0.15) is 31.2 Å². The molecule has 138 valence electrons. The van der Waals surface area contributed by atoms with Gasteiger partial charge >= 0.3 is 5.97 Å². The van der Waals surface area contributed by atoms with Gasteiger partial charge in [-0.25, -0.2) is 5.01 Å². The van der Waals surface area contributed by atoms with Crippen LogP contribution in [-0.4, -0.2) is 49.7 Å². The summed E-state index contributed by atoms with van der Waals surface area (Å²) in [5.41, 5.74) is 3.51. The molecule has 0 bridgehead atoms. The first-order chi connectivity index (χ1) is 11.7.